The van der Waals surface area contributed by atoms with Crippen molar-refractivity contribution < 1.29 is 9.53 Å². The van der Waals surface area contributed by atoms with E-state index in [4.69, 9.17) is 14.7 Å². The first-order valence-corrected chi connectivity index (χ1v) is 14.4. The number of anilines is 2. The summed E-state index contributed by atoms with van der Waals surface area (Å²) in [6, 6.07) is 11.6. The normalized spacial score (nSPS) is 13.7. The number of benzene rings is 1. The maximum atomic E-state index is 13.5. The standard InChI is InChI=1S/C30H44N6O2.CH4/c1-4-6-21-35(22-7-5-2)29(37)27-17-16-26-28(32-27)36(23-11-20-34-18-9-8-10-19-34)30(33-26)31-24-12-14-25(38-3)15-13-24;/h12-17H,4-11,18-23H2,1-3H3,(H,31,33);1H4. The van der Waals surface area contributed by atoms with E-state index in [0.29, 0.717) is 5.69 Å². The van der Waals surface area contributed by atoms with Crippen molar-refractivity contribution in [3.05, 3.63) is 42.1 Å². The Kier molecular flexibility index (Phi) is 12.1. The second-order valence-corrected chi connectivity index (χ2v) is 10.2. The Bertz CT molecular complexity index is 1150. The van der Waals surface area contributed by atoms with Gasteiger partial charge in [-0.05, 0) is 88.1 Å². The molecule has 3 aromatic rings. The van der Waals surface area contributed by atoms with Gasteiger partial charge in [0.1, 0.15) is 17.0 Å². The number of methoxy groups -OCH3 is 1. The molecule has 0 aliphatic carbocycles. The molecule has 0 unspecified atom stereocenters. The van der Waals surface area contributed by atoms with Gasteiger partial charge in [0.2, 0.25) is 5.95 Å². The number of pyridine rings is 1. The predicted molar refractivity (Wildman–Crippen MR) is 161 cm³/mol. The number of imidazole rings is 1. The lowest BCUT2D eigenvalue weighted by atomic mass is 10.1. The third-order valence-corrected chi connectivity index (χ3v) is 7.31. The van der Waals surface area contributed by atoms with Gasteiger partial charge >= 0.3 is 0 Å². The number of amides is 1. The quantitative estimate of drug-likeness (QED) is 0.246. The highest BCUT2D eigenvalue weighted by Gasteiger charge is 2.20. The fourth-order valence-corrected chi connectivity index (χ4v) is 5.04. The van der Waals surface area contributed by atoms with E-state index in [1.54, 1.807) is 7.11 Å². The number of aryl methyl sites for hydroxylation is 1. The van der Waals surface area contributed by atoms with Crippen LogP contribution in [0, 0.1) is 0 Å². The van der Waals surface area contributed by atoms with Gasteiger partial charge < -0.3 is 19.9 Å². The zero-order valence-corrected chi connectivity index (χ0v) is 23.4. The van der Waals surface area contributed by atoms with Crippen LogP contribution in [-0.4, -0.2) is 70.1 Å². The molecule has 1 aromatic carbocycles. The number of nitrogens with one attached hydrogen (secondary N) is 1. The average Bonchev–Trinajstić information content (AvgIpc) is 3.29. The first kappa shape index (κ1) is 30.4. The fourth-order valence-electron chi connectivity index (χ4n) is 5.04. The molecule has 0 radical (unpaired) electrons. The first-order valence-electron chi connectivity index (χ1n) is 14.4. The van der Waals surface area contributed by atoms with Gasteiger partial charge in [-0.15, -0.1) is 0 Å². The summed E-state index contributed by atoms with van der Waals surface area (Å²) in [6.07, 6.45) is 9.05. The van der Waals surface area contributed by atoms with Crippen LogP contribution in [0.1, 0.15) is 83.1 Å². The van der Waals surface area contributed by atoms with E-state index in [1.807, 2.05) is 41.3 Å². The minimum atomic E-state index is 0. The lowest BCUT2D eigenvalue weighted by Crippen LogP contribution is -2.33. The molecular formula is C31H48N6O2. The molecule has 4 rings (SSSR count). The zero-order valence-electron chi connectivity index (χ0n) is 23.4. The Hall–Kier alpha value is -3.13. The molecule has 1 saturated heterocycles. The maximum Gasteiger partial charge on any atom is 0.272 e. The van der Waals surface area contributed by atoms with Crippen molar-refractivity contribution in [3.8, 4) is 5.75 Å². The van der Waals surface area contributed by atoms with Gasteiger partial charge in [0.05, 0.1) is 7.11 Å². The third-order valence-electron chi connectivity index (χ3n) is 7.31. The molecule has 1 N–H and O–H groups in total. The number of hydrogen-bond acceptors (Lipinski definition) is 6. The number of fused-ring (bicyclic) bond motifs is 1. The molecule has 1 fully saturated rings. The molecule has 0 spiro atoms. The van der Waals surface area contributed by atoms with Gasteiger partial charge in [-0.1, -0.05) is 40.5 Å². The van der Waals surface area contributed by atoms with Crippen LogP contribution in [0.4, 0.5) is 11.6 Å². The van der Waals surface area contributed by atoms with Crippen molar-refractivity contribution in [2.24, 2.45) is 0 Å². The number of carbonyl (C=O) groups is 1. The Morgan fingerprint density at radius 2 is 1.62 bits per heavy atom. The zero-order chi connectivity index (χ0) is 26.7. The molecule has 1 aliphatic heterocycles. The average molecular weight is 537 g/mol. The van der Waals surface area contributed by atoms with Crippen molar-refractivity contribution in [2.75, 3.05) is 45.2 Å². The summed E-state index contributed by atoms with van der Waals surface area (Å²) in [6.45, 7) is 10.1. The smallest absolute Gasteiger partial charge is 0.272 e. The number of unbranched alkanes of at least 4 members (excludes halogenated alkanes) is 2. The van der Waals surface area contributed by atoms with Crippen LogP contribution in [0.2, 0.25) is 0 Å². The highest BCUT2D eigenvalue weighted by atomic mass is 16.5. The molecule has 3 heterocycles. The third kappa shape index (κ3) is 8.18. The number of nitrogens with zero attached hydrogens (tertiary/aromatic N) is 5. The number of hydrogen-bond donors (Lipinski definition) is 1. The first-order chi connectivity index (χ1) is 18.6. The summed E-state index contributed by atoms with van der Waals surface area (Å²) in [5, 5.41) is 3.48. The molecule has 8 nitrogen and oxygen atoms in total. The number of rotatable bonds is 14. The lowest BCUT2D eigenvalue weighted by Gasteiger charge is -2.26. The molecule has 0 bridgehead atoms. The minimum Gasteiger partial charge on any atom is -0.497 e. The van der Waals surface area contributed by atoms with Crippen LogP contribution in [0.15, 0.2) is 36.4 Å². The van der Waals surface area contributed by atoms with Gasteiger partial charge in [-0.3, -0.25) is 9.36 Å². The summed E-state index contributed by atoms with van der Waals surface area (Å²) in [4.78, 5) is 27.8. The summed E-state index contributed by atoms with van der Waals surface area (Å²) in [7, 11) is 1.67. The Balaban J connectivity index is 0.00000420. The van der Waals surface area contributed by atoms with Crippen LogP contribution in [-0.2, 0) is 6.54 Å². The van der Waals surface area contributed by atoms with Crippen LogP contribution >= 0.6 is 0 Å². The monoisotopic (exact) mass is 536 g/mol. The SMILES string of the molecule is C.CCCCN(CCCC)C(=O)c1ccc2nc(Nc3ccc(OC)cc3)n(CCCN3CCCCC3)c2n1. The topological polar surface area (TPSA) is 75.5 Å². The van der Waals surface area contributed by atoms with E-state index < -0.39 is 0 Å². The van der Waals surface area contributed by atoms with E-state index in [9.17, 15) is 4.79 Å². The number of ether oxygens (including phenoxy) is 1. The van der Waals surface area contributed by atoms with Crippen LogP contribution < -0.4 is 10.1 Å². The van der Waals surface area contributed by atoms with Crippen LogP contribution in [0.5, 0.6) is 5.75 Å². The van der Waals surface area contributed by atoms with Gasteiger partial charge in [0.15, 0.2) is 5.65 Å². The summed E-state index contributed by atoms with van der Waals surface area (Å²) < 4.78 is 7.45. The van der Waals surface area contributed by atoms with Crippen LogP contribution in [0.25, 0.3) is 11.2 Å². The van der Waals surface area contributed by atoms with Crippen molar-refractivity contribution >= 4 is 28.7 Å². The summed E-state index contributed by atoms with van der Waals surface area (Å²) in [5.74, 6) is 1.57. The van der Waals surface area contributed by atoms with E-state index in [-0.39, 0.29) is 13.3 Å². The van der Waals surface area contributed by atoms with Crippen molar-refractivity contribution in [2.45, 2.75) is 79.2 Å². The van der Waals surface area contributed by atoms with E-state index in [0.717, 1.165) is 86.8 Å². The highest BCUT2D eigenvalue weighted by molar-refractivity contribution is 5.94. The Labute approximate surface area is 234 Å². The molecule has 8 heteroatoms. The molecule has 0 atom stereocenters. The van der Waals surface area contributed by atoms with Crippen LogP contribution in [0.3, 0.4) is 0 Å². The number of aromatic nitrogens is 3. The second kappa shape index (κ2) is 15.5. The van der Waals surface area contributed by atoms with Crippen molar-refractivity contribution in [1.82, 2.24) is 24.3 Å². The van der Waals surface area contributed by atoms with Crippen molar-refractivity contribution in [3.63, 3.8) is 0 Å². The van der Waals surface area contributed by atoms with E-state index in [2.05, 4.69) is 28.6 Å². The van der Waals surface area contributed by atoms with Gasteiger partial charge in [-0.25, -0.2) is 9.97 Å². The Morgan fingerprint density at radius 3 is 2.26 bits per heavy atom. The van der Waals surface area contributed by atoms with Gasteiger partial charge in [0.25, 0.3) is 5.91 Å². The second-order valence-electron chi connectivity index (χ2n) is 10.2. The molecule has 1 aliphatic rings. The summed E-state index contributed by atoms with van der Waals surface area (Å²) >= 11 is 0. The molecular weight excluding hydrogens is 488 g/mol. The largest absolute Gasteiger partial charge is 0.497 e. The molecule has 39 heavy (non-hydrogen) atoms. The van der Waals surface area contributed by atoms with Crippen molar-refractivity contribution in [1.29, 1.82) is 0 Å². The fraction of sp³-hybridized carbons (Fsp3) is 0.581. The van der Waals surface area contributed by atoms with E-state index in [1.165, 1.54) is 32.4 Å². The maximum absolute atomic E-state index is 13.5. The number of piperidine rings is 1. The highest BCUT2D eigenvalue weighted by Crippen LogP contribution is 2.25. The van der Waals surface area contributed by atoms with Gasteiger partial charge in [-0.2, -0.15) is 0 Å². The predicted octanol–water partition coefficient (Wildman–Crippen LogP) is 6.74. The molecule has 1 amide bonds. The molecule has 2 aromatic heterocycles. The number of likely N-dealkylation sites (tertiary alicyclic amines) is 1. The Morgan fingerprint density at radius 1 is 0.923 bits per heavy atom. The molecule has 214 valence electrons. The minimum absolute atomic E-state index is 0. The lowest BCUT2D eigenvalue weighted by molar-refractivity contribution is 0.0745. The van der Waals surface area contributed by atoms with Gasteiger partial charge in [0, 0.05) is 25.3 Å². The number of carbonyl (C=O) groups excluding carboxylic acids is 1. The summed E-state index contributed by atoms with van der Waals surface area (Å²) in [5.41, 5.74) is 2.98. The molecule has 0 saturated carbocycles. The van der Waals surface area contributed by atoms with E-state index >= 15 is 0 Å².